The van der Waals surface area contributed by atoms with E-state index in [-0.39, 0.29) is 17.5 Å². The molecule has 2 aromatic rings. The lowest BCUT2D eigenvalue weighted by Gasteiger charge is -2.24. The molecule has 0 saturated carbocycles. The SMILES string of the molecule is CCCC[C@H](C(=O)OCC(=O)NNC(=O)c1ccccc1)N1C(=O)c2ccccc2C1=O. The predicted octanol–water partition coefficient (Wildman–Crippen LogP) is 1.85. The van der Waals surface area contributed by atoms with Gasteiger partial charge in [-0.25, -0.2) is 4.79 Å². The smallest absolute Gasteiger partial charge is 0.329 e. The van der Waals surface area contributed by atoms with Crippen LogP contribution in [0.1, 0.15) is 57.3 Å². The van der Waals surface area contributed by atoms with Crippen molar-refractivity contribution in [1.82, 2.24) is 15.8 Å². The number of benzene rings is 2. The summed E-state index contributed by atoms with van der Waals surface area (Å²) in [5.41, 5.74) is 5.18. The van der Waals surface area contributed by atoms with E-state index in [4.69, 9.17) is 4.74 Å². The van der Waals surface area contributed by atoms with E-state index in [0.717, 1.165) is 11.3 Å². The van der Waals surface area contributed by atoms with Crippen LogP contribution in [0.4, 0.5) is 0 Å². The molecule has 0 unspecified atom stereocenters. The molecule has 166 valence electrons. The Hall–Kier alpha value is -4.01. The normalized spacial score (nSPS) is 13.3. The first kappa shape index (κ1) is 22.7. The van der Waals surface area contributed by atoms with Crippen LogP contribution in [-0.4, -0.2) is 47.1 Å². The zero-order chi connectivity index (χ0) is 23.1. The van der Waals surface area contributed by atoms with E-state index in [2.05, 4.69) is 10.9 Å². The molecule has 4 amide bonds. The van der Waals surface area contributed by atoms with Gasteiger partial charge in [0.1, 0.15) is 6.04 Å². The lowest BCUT2D eigenvalue weighted by atomic mass is 10.1. The Bertz CT molecular complexity index is 1000. The first-order valence-electron chi connectivity index (χ1n) is 10.2. The van der Waals surface area contributed by atoms with E-state index >= 15 is 0 Å². The lowest BCUT2D eigenvalue weighted by Crippen LogP contribution is -2.47. The van der Waals surface area contributed by atoms with Gasteiger partial charge < -0.3 is 4.74 Å². The second kappa shape index (κ2) is 10.3. The van der Waals surface area contributed by atoms with Crippen molar-refractivity contribution >= 4 is 29.6 Å². The topological polar surface area (TPSA) is 122 Å². The molecule has 9 nitrogen and oxygen atoms in total. The summed E-state index contributed by atoms with van der Waals surface area (Å²) in [6.07, 6.45) is 1.53. The van der Waals surface area contributed by atoms with Crippen molar-refractivity contribution in [3.05, 3.63) is 71.3 Å². The van der Waals surface area contributed by atoms with Crippen molar-refractivity contribution in [3.63, 3.8) is 0 Å². The number of nitrogens with one attached hydrogen (secondary N) is 2. The van der Waals surface area contributed by atoms with Crippen LogP contribution in [0.3, 0.4) is 0 Å². The Balaban J connectivity index is 1.59. The van der Waals surface area contributed by atoms with Crippen molar-refractivity contribution in [3.8, 4) is 0 Å². The summed E-state index contributed by atoms with van der Waals surface area (Å²) in [6, 6.07) is 13.4. The molecule has 3 rings (SSSR count). The molecular weight excluding hydrogens is 414 g/mol. The van der Waals surface area contributed by atoms with E-state index < -0.39 is 42.2 Å². The zero-order valence-electron chi connectivity index (χ0n) is 17.5. The highest BCUT2D eigenvalue weighted by Gasteiger charge is 2.43. The number of hydrogen-bond donors (Lipinski definition) is 2. The summed E-state index contributed by atoms with van der Waals surface area (Å²) in [5, 5.41) is 0. The third kappa shape index (κ3) is 5.00. The summed E-state index contributed by atoms with van der Waals surface area (Å²) >= 11 is 0. The highest BCUT2D eigenvalue weighted by molar-refractivity contribution is 6.22. The van der Waals surface area contributed by atoms with Crippen LogP contribution in [0.2, 0.25) is 0 Å². The van der Waals surface area contributed by atoms with Gasteiger partial charge in [-0.3, -0.25) is 34.9 Å². The number of carbonyl (C=O) groups excluding carboxylic acids is 5. The average molecular weight is 437 g/mol. The molecule has 32 heavy (non-hydrogen) atoms. The minimum atomic E-state index is -1.14. The molecule has 9 heteroatoms. The molecule has 1 aliphatic rings. The third-order valence-electron chi connectivity index (χ3n) is 4.94. The molecule has 1 heterocycles. The standard InChI is InChI=1S/C23H23N3O6/c1-2-3-13-18(26-21(29)16-11-7-8-12-17(16)22(26)30)23(31)32-14-19(27)24-25-20(28)15-9-5-4-6-10-15/h4-12,18H,2-3,13-14H2,1H3,(H,24,27)(H,25,28)/t18-/m1/s1. The maximum absolute atomic E-state index is 12.7. The number of esters is 1. The van der Waals surface area contributed by atoms with Crippen LogP contribution >= 0.6 is 0 Å². The van der Waals surface area contributed by atoms with E-state index in [1.807, 2.05) is 6.92 Å². The molecule has 0 aromatic heterocycles. The van der Waals surface area contributed by atoms with Crippen molar-refractivity contribution in [2.75, 3.05) is 6.61 Å². The van der Waals surface area contributed by atoms with Gasteiger partial charge in [0.2, 0.25) is 0 Å². The predicted molar refractivity (Wildman–Crippen MR) is 113 cm³/mol. The Morgan fingerprint density at radius 1 is 0.906 bits per heavy atom. The van der Waals surface area contributed by atoms with Gasteiger partial charge in [-0.2, -0.15) is 0 Å². The summed E-state index contributed by atoms with van der Waals surface area (Å²) in [4.78, 5) is 63.0. The fraction of sp³-hybridized carbons (Fsp3) is 0.261. The quantitative estimate of drug-likeness (QED) is 0.369. The summed E-state index contributed by atoms with van der Waals surface area (Å²) in [6.45, 7) is 1.23. The Morgan fingerprint density at radius 3 is 2.09 bits per heavy atom. The minimum Gasteiger partial charge on any atom is -0.454 e. The number of amides is 4. The maximum atomic E-state index is 12.7. The van der Waals surface area contributed by atoms with Gasteiger partial charge in [0.25, 0.3) is 23.6 Å². The highest BCUT2D eigenvalue weighted by atomic mass is 16.5. The van der Waals surface area contributed by atoms with Gasteiger partial charge in [0.15, 0.2) is 6.61 Å². The maximum Gasteiger partial charge on any atom is 0.329 e. The Kier molecular flexibility index (Phi) is 7.33. The van der Waals surface area contributed by atoms with Crippen LogP contribution in [0.25, 0.3) is 0 Å². The van der Waals surface area contributed by atoms with Crippen molar-refractivity contribution in [2.45, 2.75) is 32.2 Å². The summed E-state index contributed by atoms with van der Waals surface area (Å²) in [5.74, 6) is -3.29. The Labute approximate surface area is 184 Å². The minimum absolute atomic E-state index is 0.215. The molecular formula is C23H23N3O6. The van der Waals surface area contributed by atoms with Gasteiger partial charge >= 0.3 is 5.97 Å². The van der Waals surface area contributed by atoms with Crippen molar-refractivity contribution in [1.29, 1.82) is 0 Å². The van der Waals surface area contributed by atoms with Gasteiger partial charge in [0.05, 0.1) is 11.1 Å². The molecule has 1 aliphatic heterocycles. The van der Waals surface area contributed by atoms with E-state index in [1.165, 1.54) is 12.1 Å². The van der Waals surface area contributed by atoms with Gasteiger partial charge in [-0.05, 0) is 30.7 Å². The summed E-state index contributed by atoms with van der Waals surface area (Å²) < 4.78 is 5.06. The lowest BCUT2D eigenvalue weighted by molar-refractivity contribution is -0.152. The fourth-order valence-corrected chi connectivity index (χ4v) is 3.30. The van der Waals surface area contributed by atoms with Crippen LogP contribution < -0.4 is 10.9 Å². The van der Waals surface area contributed by atoms with Crippen LogP contribution in [0.5, 0.6) is 0 Å². The van der Waals surface area contributed by atoms with E-state index in [9.17, 15) is 24.0 Å². The fourth-order valence-electron chi connectivity index (χ4n) is 3.30. The van der Waals surface area contributed by atoms with E-state index in [1.54, 1.807) is 42.5 Å². The number of unbranched alkanes of at least 4 members (excludes halogenated alkanes) is 1. The number of hydrazine groups is 1. The monoisotopic (exact) mass is 437 g/mol. The highest BCUT2D eigenvalue weighted by Crippen LogP contribution is 2.26. The number of nitrogens with zero attached hydrogens (tertiary/aromatic N) is 1. The second-order valence-corrected chi connectivity index (χ2v) is 7.16. The largest absolute Gasteiger partial charge is 0.454 e. The average Bonchev–Trinajstić information content (AvgIpc) is 3.07. The molecule has 2 N–H and O–H groups in total. The van der Waals surface area contributed by atoms with Gasteiger partial charge in [-0.1, -0.05) is 50.1 Å². The van der Waals surface area contributed by atoms with Gasteiger partial charge in [-0.15, -0.1) is 0 Å². The number of ether oxygens (including phenoxy) is 1. The van der Waals surface area contributed by atoms with Crippen molar-refractivity contribution < 1.29 is 28.7 Å². The van der Waals surface area contributed by atoms with Gasteiger partial charge in [0, 0.05) is 5.56 Å². The number of rotatable bonds is 8. The molecule has 0 radical (unpaired) electrons. The molecule has 1 atom stereocenters. The number of carbonyl (C=O) groups is 5. The Morgan fingerprint density at radius 2 is 1.50 bits per heavy atom. The number of hydrogen-bond acceptors (Lipinski definition) is 6. The molecule has 0 spiro atoms. The van der Waals surface area contributed by atoms with Crippen LogP contribution in [0, 0.1) is 0 Å². The molecule has 0 aliphatic carbocycles. The third-order valence-corrected chi connectivity index (χ3v) is 4.94. The summed E-state index contributed by atoms with van der Waals surface area (Å²) in [7, 11) is 0. The van der Waals surface area contributed by atoms with Crippen LogP contribution in [0.15, 0.2) is 54.6 Å². The number of fused-ring (bicyclic) bond motifs is 1. The first-order valence-corrected chi connectivity index (χ1v) is 10.2. The van der Waals surface area contributed by atoms with E-state index in [0.29, 0.717) is 12.0 Å². The molecule has 0 saturated heterocycles. The number of imide groups is 1. The first-order chi connectivity index (χ1) is 15.4. The molecule has 0 bridgehead atoms. The molecule has 0 fully saturated rings. The second-order valence-electron chi connectivity index (χ2n) is 7.16. The zero-order valence-corrected chi connectivity index (χ0v) is 17.5. The molecule has 2 aromatic carbocycles. The van der Waals surface area contributed by atoms with Crippen LogP contribution in [-0.2, 0) is 14.3 Å². The van der Waals surface area contributed by atoms with Crippen molar-refractivity contribution in [2.24, 2.45) is 0 Å².